The number of nitrogens with one attached hydrogen (secondary N) is 1. The van der Waals surface area contributed by atoms with Gasteiger partial charge < -0.3 is 9.47 Å². The number of hydrogen-bond acceptors (Lipinski definition) is 5. The molecular weight excluding hydrogens is 421 g/mol. The Hall–Kier alpha value is -2.15. The molecular formula is C20H17Cl2NO4S. The number of imide groups is 1. The summed E-state index contributed by atoms with van der Waals surface area (Å²) in [6.07, 6.45) is 1.55. The van der Waals surface area contributed by atoms with Gasteiger partial charge in [-0.15, -0.1) is 0 Å². The minimum absolute atomic E-state index is 0.246. The van der Waals surface area contributed by atoms with E-state index < -0.39 is 11.1 Å². The zero-order chi connectivity index (χ0) is 20.4. The average Bonchev–Trinajstić information content (AvgIpc) is 2.95. The molecule has 146 valence electrons. The highest BCUT2D eigenvalue weighted by molar-refractivity contribution is 8.18. The summed E-state index contributed by atoms with van der Waals surface area (Å²) in [5, 5.41) is 2.37. The van der Waals surface area contributed by atoms with Crippen molar-refractivity contribution in [1.29, 1.82) is 0 Å². The Balaban J connectivity index is 1.90. The van der Waals surface area contributed by atoms with Crippen molar-refractivity contribution in [2.24, 2.45) is 0 Å². The third kappa shape index (κ3) is 4.46. The Bertz CT molecular complexity index is 965. The number of benzene rings is 2. The van der Waals surface area contributed by atoms with E-state index in [0.29, 0.717) is 17.1 Å². The molecule has 0 unspecified atom stereocenters. The second-order valence-electron chi connectivity index (χ2n) is 6.33. The molecule has 1 N–H and O–H groups in total. The van der Waals surface area contributed by atoms with Crippen molar-refractivity contribution in [3.05, 3.63) is 56.4 Å². The topological polar surface area (TPSA) is 64.6 Å². The first-order valence-electron chi connectivity index (χ1n) is 8.38. The zero-order valence-electron chi connectivity index (χ0n) is 15.3. The van der Waals surface area contributed by atoms with E-state index >= 15 is 0 Å². The maximum Gasteiger partial charge on any atom is 0.290 e. The predicted molar refractivity (Wildman–Crippen MR) is 113 cm³/mol. The van der Waals surface area contributed by atoms with Gasteiger partial charge in [0.05, 0.1) is 22.1 Å². The van der Waals surface area contributed by atoms with Gasteiger partial charge in [-0.2, -0.15) is 0 Å². The molecule has 0 radical (unpaired) electrons. The van der Waals surface area contributed by atoms with Crippen LogP contribution in [0.15, 0.2) is 35.2 Å². The molecule has 1 heterocycles. The van der Waals surface area contributed by atoms with Crippen molar-refractivity contribution < 1.29 is 19.1 Å². The Morgan fingerprint density at radius 1 is 1.11 bits per heavy atom. The van der Waals surface area contributed by atoms with E-state index in [0.717, 1.165) is 23.1 Å². The Labute approximate surface area is 177 Å². The number of hydrogen-bond donors (Lipinski definition) is 1. The number of amides is 2. The summed E-state index contributed by atoms with van der Waals surface area (Å²) in [5.74, 6) is 1.47. The number of thioether (sulfide) groups is 1. The molecule has 3 rings (SSSR count). The Morgan fingerprint density at radius 3 is 2.32 bits per heavy atom. The number of carbonyl (C=O) groups is 2. The van der Waals surface area contributed by atoms with Crippen molar-refractivity contribution >= 4 is 52.2 Å². The highest BCUT2D eigenvalue weighted by atomic mass is 35.5. The van der Waals surface area contributed by atoms with Gasteiger partial charge >= 0.3 is 0 Å². The zero-order valence-corrected chi connectivity index (χ0v) is 17.7. The molecule has 2 amide bonds. The molecule has 28 heavy (non-hydrogen) atoms. The number of halogens is 2. The number of rotatable bonds is 5. The molecule has 2 aromatic rings. The second kappa shape index (κ2) is 8.47. The van der Waals surface area contributed by atoms with Gasteiger partial charge in [0.2, 0.25) is 0 Å². The lowest BCUT2D eigenvalue weighted by Gasteiger charge is -2.15. The van der Waals surface area contributed by atoms with Gasteiger partial charge in [0, 0.05) is 5.56 Å². The first-order valence-corrected chi connectivity index (χ1v) is 9.95. The Kier molecular flexibility index (Phi) is 6.23. The molecule has 1 aliphatic rings. The van der Waals surface area contributed by atoms with Crippen molar-refractivity contribution in [3.63, 3.8) is 0 Å². The van der Waals surface area contributed by atoms with Crippen LogP contribution in [-0.4, -0.2) is 18.3 Å². The highest BCUT2D eigenvalue weighted by Gasteiger charge is 2.25. The maximum absolute atomic E-state index is 11.7. The van der Waals surface area contributed by atoms with E-state index in [9.17, 15) is 9.59 Å². The van der Waals surface area contributed by atoms with Crippen molar-refractivity contribution in [2.45, 2.75) is 19.8 Å². The van der Waals surface area contributed by atoms with Crippen LogP contribution in [0.3, 0.4) is 0 Å². The number of carbonyl (C=O) groups excluding carboxylic acids is 2. The summed E-state index contributed by atoms with van der Waals surface area (Å²) in [6, 6.07) is 8.74. The molecule has 0 bridgehead atoms. The van der Waals surface area contributed by atoms with E-state index in [4.69, 9.17) is 32.7 Å². The predicted octanol–water partition coefficient (Wildman–Crippen LogP) is 6.24. The van der Waals surface area contributed by atoms with Gasteiger partial charge in [0.25, 0.3) is 11.1 Å². The molecule has 8 heteroatoms. The molecule has 0 aliphatic carbocycles. The first kappa shape index (κ1) is 20.6. The van der Waals surface area contributed by atoms with E-state index in [2.05, 4.69) is 19.2 Å². The molecule has 0 aromatic heterocycles. The minimum Gasteiger partial charge on any atom is -0.496 e. The van der Waals surface area contributed by atoms with Crippen LogP contribution in [0.4, 0.5) is 4.79 Å². The Morgan fingerprint density at radius 2 is 1.79 bits per heavy atom. The number of methoxy groups -OCH3 is 1. The van der Waals surface area contributed by atoms with Gasteiger partial charge in [-0.05, 0) is 59.7 Å². The van der Waals surface area contributed by atoms with E-state index in [1.54, 1.807) is 31.4 Å². The van der Waals surface area contributed by atoms with Gasteiger partial charge in [-0.25, -0.2) is 0 Å². The lowest BCUT2D eigenvalue weighted by molar-refractivity contribution is -0.115. The summed E-state index contributed by atoms with van der Waals surface area (Å²) in [7, 11) is 1.62. The van der Waals surface area contributed by atoms with Crippen LogP contribution in [0.1, 0.15) is 30.9 Å². The molecule has 5 nitrogen and oxygen atoms in total. The van der Waals surface area contributed by atoms with E-state index in [1.165, 1.54) is 0 Å². The largest absolute Gasteiger partial charge is 0.496 e. The molecule has 0 atom stereocenters. The van der Waals surface area contributed by atoms with E-state index in [1.807, 2.05) is 12.1 Å². The first-order chi connectivity index (χ1) is 13.3. The summed E-state index contributed by atoms with van der Waals surface area (Å²) >= 11 is 13.5. The van der Waals surface area contributed by atoms with Gasteiger partial charge in [-0.1, -0.05) is 37.0 Å². The molecule has 2 aromatic carbocycles. The summed E-state index contributed by atoms with van der Waals surface area (Å²) in [4.78, 5) is 23.2. The number of ether oxygens (including phenoxy) is 2. The molecule has 0 saturated carbocycles. The highest BCUT2D eigenvalue weighted by Crippen LogP contribution is 2.40. The standard InChI is InChI=1S/C20H17Cl2NO4S/c1-10(2)13-9-12(4-5-16(13)26-3)27-18-14(21)6-11(7-15(18)22)8-17-19(24)23-20(25)28-17/h4-10H,1-3H3,(H,23,24,25)/b17-8+. The fourth-order valence-electron chi connectivity index (χ4n) is 2.68. The SMILES string of the molecule is COc1ccc(Oc2c(Cl)cc(/C=C3/SC(=O)NC3=O)cc2Cl)cc1C(C)C. The van der Waals surface area contributed by atoms with Crippen molar-refractivity contribution in [3.8, 4) is 17.2 Å². The molecule has 1 fully saturated rings. The third-order valence-corrected chi connectivity index (χ3v) is 5.38. The maximum atomic E-state index is 11.7. The summed E-state index contributed by atoms with van der Waals surface area (Å²) in [5.41, 5.74) is 1.59. The smallest absolute Gasteiger partial charge is 0.290 e. The average molecular weight is 438 g/mol. The minimum atomic E-state index is -0.443. The normalized spacial score (nSPS) is 15.3. The molecule has 1 aliphatic heterocycles. The lowest BCUT2D eigenvalue weighted by Crippen LogP contribution is -2.17. The van der Waals surface area contributed by atoms with Gasteiger partial charge in [0.15, 0.2) is 5.75 Å². The van der Waals surface area contributed by atoms with Crippen LogP contribution in [0.2, 0.25) is 10.0 Å². The van der Waals surface area contributed by atoms with E-state index in [-0.39, 0.29) is 20.9 Å². The van der Waals surface area contributed by atoms with Gasteiger partial charge in [0.1, 0.15) is 11.5 Å². The fraction of sp³-hybridized carbons (Fsp3) is 0.200. The second-order valence-corrected chi connectivity index (χ2v) is 8.16. The third-order valence-electron chi connectivity index (χ3n) is 4.00. The summed E-state index contributed by atoms with van der Waals surface area (Å²) in [6.45, 7) is 4.12. The molecule has 1 saturated heterocycles. The van der Waals surface area contributed by atoms with Crippen molar-refractivity contribution in [2.75, 3.05) is 7.11 Å². The molecule has 0 spiro atoms. The van der Waals surface area contributed by atoms with Crippen LogP contribution in [-0.2, 0) is 4.79 Å². The van der Waals surface area contributed by atoms with Crippen LogP contribution in [0, 0.1) is 0 Å². The van der Waals surface area contributed by atoms with Crippen LogP contribution >= 0.6 is 35.0 Å². The van der Waals surface area contributed by atoms with Crippen LogP contribution in [0.25, 0.3) is 6.08 Å². The monoisotopic (exact) mass is 437 g/mol. The van der Waals surface area contributed by atoms with Crippen LogP contribution in [0.5, 0.6) is 17.2 Å². The quantitative estimate of drug-likeness (QED) is 0.560. The fourth-order valence-corrected chi connectivity index (χ4v) is 3.94. The summed E-state index contributed by atoms with van der Waals surface area (Å²) < 4.78 is 11.3. The lowest BCUT2D eigenvalue weighted by atomic mass is 10.0. The van der Waals surface area contributed by atoms with Crippen molar-refractivity contribution in [1.82, 2.24) is 5.32 Å². The van der Waals surface area contributed by atoms with Crippen LogP contribution < -0.4 is 14.8 Å². The van der Waals surface area contributed by atoms with Gasteiger partial charge in [-0.3, -0.25) is 14.9 Å².